The quantitative estimate of drug-likeness (QED) is 0.0514. The van der Waals surface area contributed by atoms with E-state index in [4.69, 9.17) is 0 Å². The van der Waals surface area contributed by atoms with Gasteiger partial charge in [-0.3, -0.25) is 0 Å². The zero-order valence-corrected chi connectivity index (χ0v) is 78.0. The number of benzene rings is 16. The van der Waals surface area contributed by atoms with Crippen LogP contribution in [-0.2, 0) is 72.4 Å². The van der Waals surface area contributed by atoms with Gasteiger partial charge >= 0.3 is 83.7 Å². The molecule has 0 bridgehead atoms. The average Bonchev–Trinajstić information content (AvgIpc) is 1.31. The van der Waals surface area contributed by atoms with Crippen LogP contribution >= 0.6 is 0 Å². The van der Waals surface area contributed by atoms with Crippen molar-refractivity contribution in [2.75, 3.05) is 0 Å². The van der Waals surface area contributed by atoms with E-state index in [1.807, 2.05) is 0 Å². The summed E-state index contributed by atoms with van der Waals surface area (Å²) in [5, 5.41) is 32.2. The molecule has 0 atom stereocenters. The number of unbranched alkanes of at least 4 members (excludes halogenated alkanes) is 4. The Labute approximate surface area is 741 Å². The van der Waals surface area contributed by atoms with E-state index in [1.54, 1.807) is 46.7 Å². The molecule has 0 spiro atoms. The molecule has 6 heteroatoms. The van der Waals surface area contributed by atoms with E-state index in [0.29, 0.717) is 0 Å². The Hall–Kier alpha value is -9.18. The predicted molar refractivity (Wildman–Crippen MR) is 509 cm³/mol. The van der Waals surface area contributed by atoms with Gasteiger partial charge in [-0.25, -0.2) is 0 Å². The van der Waals surface area contributed by atoms with Crippen molar-refractivity contribution in [3.63, 3.8) is 0 Å². The van der Waals surface area contributed by atoms with Crippen LogP contribution in [0.1, 0.15) is 101 Å². The molecule has 0 amide bonds. The number of halogens is 2. The van der Waals surface area contributed by atoms with Crippen LogP contribution < -0.4 is 24.8 Å². The summed E-state index contributed by atoms with van der Waals surface area (Å²) in [6.45, 7) is 18.3. The van der Waals surface area contributed by atoms with E-state index < -0.39 is 0 Å². The smallest absolute Gasteiger partial charge is 1.00 e. The fraction of sp³-hybridized carbons (Fsp3) is 0.179. The van der Waals surface area contributed by atoms with E-state index in [-0.39, 0.29) is 35.7 Å². The summed E-state index contributed by atoms with van der Waals surface area (Å²) in [5.41, 5.74) is 17.0. The van der Waals surface area contributed by atoms with E-state index in [1.165, 1.54) is 273 Å². The molecule has 0 aliphatic heterocycles. The minimum atomic E-state index is 0. The van der Waals surface area contributed by atoms with Gasteiger partial charge in [-0.05, 0) is 158 Å². The van der Waals surface area contributed by atoms with Crippen molar-refractivity contribution in [1.29, 1.82) is 0 Å². The van der Waals surface area contributed by atoms with Crippen molar-refractivity contribution in [3.8, 4) is 44.5 Å². The summed E-state index contributed by atoms with van der Waals surface area (Å²) < 4.78 is 0. The van der Waals surface area contributed by atoms with E-state index in [9.17, 15) is 0 Å². The molecule has 0 aromatic heterocycles. The van der Waals surface area contributed by atoms with Crippen LogP contribution in [0.5, 0.6) is 0 Å². The molecule has 0 N–H and O–H groups in total. The van der Waals surface area contributed by atoms with Gasteiger partial charge in [-0.15, -0.1) is 138 Å². The Morgan fingerprint density at radius 2 is 0.381 bits per heavy atom. The summed E-state index contributed by atoms with van der Waals surface area (Å²) in [7, 11) is 0. The van der Waals surface area contributed by atoms with Crippen molar-refractivity contribution >= 4 is 140 Å². The predicted octanol–water partition coefficient (Wildman–Crippen LogP) is 27.1. The molecular formula is C112H104Cl2Si2Zr2-2. The number of aryl methyl sites for hydroxylation is 4. The van der Waals surface area contributed by atoms with Gasteiger partial charge in [0.15, 0.2) is 0 Å². The van der Waals surface area contributed by atoms with Gasteiger partial charge in [-0.1, -0.05) is 320 Å². The third-order valence-electron chi connectivity index (χ3n) is 22.8. The number of fused-ring (bicyclic) bond motifs is 16. The van der Waals surface area contributed by atoms with Crippen molar-refractivity contribution < 1.29 is 71.5 Å². The molecule has 20 aromatic carbocycles. The van der Waals surface area contributed by atoms with Crippen LogP contribution in [0.2, 0.25) is 26.2 Å². The molecule has 0 saturated heterocycles. The Morgan fingerprint density at radius 3 is 0.576 bits per heavy atom. The van der Waals surface area contributed by atoms with Crippen molar-refractivity contribution in [1.82, 2.24) is 0 Å². The fourth-order valence-corrected chi connectivity index (χ4v) is 17.3. The normalized spacial score (nSPS) is 11.1. The van der Waals surface area contributed by atoms with E-state index >= 15 is 0 Å². The Bertz CT molecular complexity index is 6080. The first-order valence-electron chi connectivity index (χ1n) is 42.3. The van der Waals surface area contributed by atoms with Gasteiger partial charge < -0.3 is 24.8 Å². The minimum absolute atomic E-state index is 0. The van der Waals surface area contributed by atoms with E-state index in [0.717, 1.165) is 0 Å². The van der Waals surface area contributed by atoms with Crippen LogP contribution in [0.15, 0.2) is 340 Å². The molecule has 584 valence electrons. The molecule has 0 aliphatic rings. The Kier molecular flexibility index (Phi) is 30.3. The molecule has 0 heterocycles. The SMILES string of the molecule is CCCCc1cc2c(-c3cc4ccccc4c4ccccc34)cccc2[cH-]1.CCCCc1cc2c(-c3cc4ccccc4c4ccccc34)cccc2[cH-]1.CCCCc1cc2c(-c3cc4ccccc4c4ccccc34)cccc2[cH-]1.CCCCc1cc2c(-c3cc4ccccc4c4ccccc34)cccc2[cH-]1.C[Si](C)=[Zr+2].C[Si](C)=[Zr+2].[Cl-].[Cl-]. The monoisotopic (exact) mass is 1750 g/mol. The van der Waals surface area contributed by atoms with Crippen LogP contribution in [0.3, 0.4) is 0 Å². The van der Waals surface area contributed by atoms with E-state index in [2.05, 4.69) is 394 Å². The second-order valence-electron chi connectivity index (χ2n) is 31.9. The summed E-state index contributed by atoms with van der Waals surface area (Å²) in [5.74, 6) is 0. The van der Waals surface area contributed by atoms with Crippen molar-refractivity contribution in [2.45, 2.75) is 131 Å². The number of rotatable bonds is 16. The maximum absolute atomic E-state index is 2.41. The third kappa shape index (κ3) is 19.6. The van der Waals surface area contributed by atoms with Gasteiger partial charge in [0.2, 0.25) is 0 Å². The molecule has 0 saturated carbocycles. The first-order valence-corrected chi connectivity index (χ1v) is 54.6. The first-order chi connectivity index (χ1) is 56.9. The number of hydrogen-bond donors (Lipinski definition) is 0. The third-order valence-corrected chi connectivity index (χ3v) is 22.8. The largest absolute Gasteiger partial charge is 1.00 e. The van der Waals surface area contributed by atoms with Crippen LogP contribution in [0.4, 0.5) is 0 Å². The molecule has 0 radical (unpaired) electrons. The minimum Gasteiger partial charge on any atom is -1.00 e. The molecule has 20 aromatic rings. The maximum Gasteiger partial charge on any atom is -1.00 e. The average molecular weight is 1760 g/mol. The van der Waals surface area contributed by atoms with Crippen molar-refractivity contribution in [2.24, 2.45) is 0 Å². The Balaban J connectivity index is 0.000000131. The zero-order chi connectivity index (χ0) is 80.0. The molecule has 0 fully saturated rings. The first kappa shape index (κ1) is 86.7. The molecular weight excluding hydrogens is 1650 g/mol. The molecule has 0 unspecified atom stereocenters. The molecule has 0 nitrogen and oxygen atoms in total. The molecule has 0 aliphatic carbocycles. The summed E-state index contributed by atoms with van der Waals surface area (Å²) in [6, 6.07) is 126. The second-order valence-corrected chi connectivity index (χ2v) is 50.6. The summed E-state index contributed by atoms with van der Waals surface area (Å²) in [6.07, 6.45) is 14.7. The summed E-state index contributed by atoms with van der Waals surface area (Å²) >= 11 is 3.48. The van der Waals surface area contributed by atoms with Gasteiger partial charge in [0.25, 0.3) is 0 Å². The maximum atomic E-state index is 2.41. The Morgan fingerprint density at radius 1 is 0.203 bits per heavy atom. The fourth-order valence-electron chi connectivity index (χ4n) is 17.3. The van der Waals surface area contributed by atoms with Crippen LogP contribution in [0, 0.1) is 0 Å². The molecule has 20 rings (SSSR count). The van der Waals surface area contributed by atoms with Crippen molar-refractivity contribution in [3.05, 3.63) is 362 Å². The standard InChI is InChI=1S/4C27H23.2C2H6Si.2ClH.2Zr/c4*1-2-3-9-19-16-20-11-8-15-25(26(20)17-19)27-18-21-10-4-5-12-22(21)23-13-6-7-14-24(23)27;2*1-3-2;;;;/h4*4-8,10-18H,2-3,9H2,1H3;2*1-2H3;2*1H;;/q4*-1;;;;;2*+2/p-2. The van der Waals surface area contributed by atoms with Gasteiger partial charge in [0.05, 0.1) is 0 Å². The van der Waals surface area contributed by atoms with Gasteiger partial charge in [-0.2, -0.15) is 24.3 Å². The van der Waals surface area contributed by atoms with Crippen LogP contribution in [-0.4, -0.2) is 10.9 Å². The van der Waals surface area contributed by atoms with Gasteiger partial charge in [0.1, 0.15) is 0 Å². The zero-order valence-electron chi connectivity index (χ0n) is 69.6. The summed E-state index contributed by atoms with van der Waals surface area (Å²) in [4.78, 5) is 0. The van der Waals surface area contributed by atoms with Gasteiger partial charge in [0, 0.05) is 0 Å². The van der Waals surface area contributed by atoms with Crippen LogP contribution in [0.25, 0.3) is 174 Å². The molecule has 118 heavy (non-hydrogen) atoms. The second kappa shape index (κ2) is 41.2. The topological polar surface area (TPSA) is 0 Å². The number of hydrogen-bond acceptors (Lipinski definition) is 0.